The molecule has 1 amide bonds. The topological polar surface area (TPSA) is 75.3 Å². The summed E-state index contributed by atoms with van der Waals surface area (Å²) in [6.07, 6.45) is 2.73. The third kappa shape index (κ3) is 4.30. The van der Waals surface area contributed by atoms with E-state index in [4.69, 9.17) is 0 Å². The molecule has 122 valence electrons. The minimum Gasteiger partial charge on any atom is -0.352 e. The Morgan fingerprint density at radius 3 is 2.82 bits per heavy atom. The molecule has 1 atom stereocenters. The number of rotatable bonds is 6. The SMILES string of the molecule is CCCS(=O)(=O)c1ccccc1C(=O)NCC1CCCNC1. The summed E-state index contributed by atoms with van der Waals surface area (Å²) in [6.45, 7) is 4.32. The van der Waals surface area contributed by atoms with Gasteiger partial charge in [0.25, 0.3) is 5.91 Å². The minimum absolute atomic E-state index is 0.0594. The van der Waals surface area contributed by atoms with Gasteiger partial charge in [-0.3, -0.25) is 4.79 Å². The molecule has 1 aromatic rings. The minimum atomic E-state index is -3.40. The fourth-order valence-electron chi connectivity index (χ4n) is 2.73. The molecule has 0 radical (unpaired) electrons. The number of carbonyl (C=O) groups is 1. The number of sulfone groups is 1. The number of piperidine rings is 1. The van der Waals surface area contributed by atoms with E-state index in [9.17, 15) is 13.2 Å². The zero-order valence-corrected chi connectivity index (χ0v) is 13.8. The highest BCUT2D eigenvalue weighted by atomic mass is 32.2. The molecule has 6 heteroatoms. The molecule has 2 rings (SSSR count). The van der Waals surface area contributed by atoms with Gasteiger partial charge in [-0.2, -0.15) is 0 Å². The van der Waals surface area contributed by atoms with E-state index in [1.165, 1.54) is 6.07 Å². The van der Waals surface area contributed by atoms with Crippen molar-refractivity contribution in [2.24, 2.45) is 5.92 Å². The van der Waals surface area contributed by atoms with Crippen molar-refractivity contribution in [1.82, 2.24) is 10.6 Å². The number of hydrogen-bond donors (Lipinski definition) is 2. The van der Waals surface area contributed by atoms with E-state index in [1.807, 2.05) is 6.92 Å². The molecular weight excluding hydrogens is 300 g/mol. The Labute approximate surface area is 132 Å². The number of benzene rings is 1. The molecule has 1 aliphatic heterocycles. The molecule has 0 aromatic heterocycles. The van der Waals surface area contributed by atoms with Crippen LogP contribution in [0.25, 0.3) is 0 Å². The normalized spacial score (nSPS) is 18.9. The van der Waals surface area contributed by atoms with Crippen LogP contribution in [0, 0.1) is 5.92 Å². The van der Waals surface area contributed by atoms with Crippen molar-refractivity contribution in [2.45, 2.75) is 31.1 Å². The molecular formula is C16H24N2O3S. The van der Waals surface area contributed by atoms with E-state index in [2.05, 4.69) is 10.6 Å². The van der Waals surface area contributed by atoms with Gasteiger partial charge in [-0.1, -0.05) is 19.1 Å². The van der Waals surface area contributed by atoms with Crippen LogP contribution in [-0.2, 0) is 9.84 Å². The molecule has 2 N–H and O–H groups in total. The molecule has 1 aliphatic rings. The molecule has 0 saturated carbocycles. The van der Waals surface area contributed by atoms with Crippen molar-refractivity contribution >= 4 is 15.7 Å². The number of carbonyl (C=O) groups excluding carboxylic acids is 1. The van der Waals surface area contributed by atoms with Crippen LogP contribution in [0.3, 0.4) is 0 Å². The molecule has 0 aliphatic carbocycles. The van der Waals surface area contributed by atoms with E-state index in [0.717, 1.165) is 25.9 Å². The highest BCUT2D eigenvalue weighted by Crippen LogP contribution is 2.18. The summed E-state index contributed by atoms with van der Waals surface area (Å²) in [5.74, 6) is 0.169. The average Bonchev–Trinajstić information content (AvgIpc) is 2.53. The van der Waals surface area contributed by atoms with Crippen LogP contribution < -0.4 is 10.6 Å². The van der Waals surface area contributed by atoms with E-state index in [1.54, 1.807) is 18.2 Å². The summed E-state index contributed by atoms with van der Waals surface area (Å²) in [7, 11) is -3.40. The number of amides is 1. The first-order valence-corrected chi connectivity index (χ1v) is 9.50. The Hall–Kier alpha value is -1.40. The average molecular weight is 324 g/mol. The van der Waals surface area contributed by atoms with Crippen LogP contribution in [-0.4, -0.2) is 39.7 Å². The third-order valence-electron chi connectivity index (χ3n) is 3.89. The van der Waals surface area contributed by atoms with Crippen molar-refractivity contribution in [3.63, 3.8) is 0 Å². The van der Waals surface area contributed by atoms with Crippen molar-refractivity contribution in [1.29, 1.82) is 0 Å². The predicted octanol–water partition coefficient (Wildman–Crippen LogP) is 1.60. The second-order valence-corrected chi connectivity index (χ2v) is 7.82. The van der Waals surface area contributed by atoms with Crippen LogP contribution in [0.2, 0.25) is 0 Å². The molecule has 0 spiro atoms. The maximum absolute atomic E-state index is 12.4. The van der Waals surface area contributed by atoms with Crippen molar-refractivity contribution in [3.05, 3.63) is 29.8 Å². The van der Waals surface area contributed by atoms with Gasteiger partial charge in [0.2, 0.25) is 0 Å². The smallest absolute Gasteiger partial charge is 0.252 e. The fraction of sp³-hybridized carbons (Fsp3) is 0.562. The van der Waals surface area contributed by atoms with E-state index in [-0.39, 0.29) is 22.1 Å². The lowest BCUT2D eigenvalue weighted by Gasteiger charge is -2.23. The molecule has 0 bridgehead atoms. The Morgan fingerprint density at radius 1 is 1.36 bits per heavy atom. The largest absolute Gasteiger partial charge is 0.352 e. The summed E-state index contributed by atoms with van der Waals surface area (Å²) in [5.41, 5.74) is 0.250. The molecule has 1 aromatic carbocycles. The van der Waals surface area contributed by atoms with Gasteiger partial charge in [0, 0.05) is 6.54 Å². The maximum atomic E-state index is 12.4. The second-order valence-electron chi connectivity index (χ2n) is 5.74. The molecule has 1 saturated heterocycles. The monoisotopic (exact) mass is 324 g/mol. The van der Waals surface area contributed by atoms with E-state index >= 15 is 0 Å². The molecule has 22 heavy (non-hydrogen) atoms. The Bertz CT molecular complexity index is 608. The van der Waals surface area contributed by atoms with Crippen LogP contribution in [0.5, 0.6) is 0 Å². The van der Waals surface area contributed by atoms with Gasteiger partial charge in [0.05, 0.1) is 16.2 Å². The van der Waals surface area contributed by atoms with Gasteiger partial charge >= 0.3 is 0 Å². The van der Waals surface area contributed by atoms with Crippen LogP contribution in [0.1, 0.15) is 36.5 Å². The Morgan fingerprint density at radius 2 is 2.14 bits per heavy atom. The highest BCUT2D eigenvalue weighted by Gasteiger charge is 2.22. The lowest BCUT2D eigenvalue weighted by molar-refractivity contribution is 0.0941. The first kappa shape index (κ1) is 17.0. The van der Waals surface area contributed by atoms with Crippen molar-refractivity contribution < 1.29 is 13.2 Å². The third-order valence-corrected chi connectivity index (χ3v) is 5.86. The van der Waals surface area contributed by atoms with Crippen LogP contribution in [0.15, 0.2) is 29.2 Å². The first-order chi connectivity index (χ1) is 10.5. The molecule has 5 nitrogen and oxygen atoms in total. The van der Waals surface area contributed by atoms with E-state index < -0.39 is 9.84 Å². The van der Waals surface area contributed by atoms with Crippen LogP contribution >= 0.6 is 0 Å². The number of hydrogen-bond acceptors (Lipinski definition) is 4. The highest BCUT2D eigenvalue weighted by molar-refractivity contribution is 7.91. The van der Waals surface area contributed by atoms with Gasteiger partial charge in [-0.25, -0.2) is 8.42 Å². The van der Waals surface area contributed by atoms with Crippen LogP contribution in [0.4, 0.5) is 0 Å². The van der Waals surface area contributed by atoms with Gasteiger partial charge in [-0.15, -0.1) is 0 Å². The Kier molecular flexibility index (Phi) is 5.97. The summed E-state index contributed by atoms with van der Waals surface area (Å²) in [6, 6.07) is 6.45. The first-order valence-electron chi connectivity index (χ1n) is 7.85. The lowest BCUT2D eigenvalue weighted by Crippen LogP contribution is -2.38. The van der Waals surface area contributed by atoms with Gasteiger partial charge in [-0.05, 0) is 50.4 Å². The van der Waals surface area contributed by atoms with Gasteiger partial charge < -0.3 is 10.6 Å². The predicted molar refractivity (Wildman–Crippen MR) is 86.7 cm³/mol. The Balaban J connectivity index is 2.09. The summed E-state index contributed by atoms with van der Waals surface area (Å²) < 4.78 is 24.5. The van der Waals surface area contributed by atoms with Gasteiger partial charge in [0.1, 0.15) is 0 Å². The quantitative estimate of drug-likeness (QED) is 0.833. The molecule has 1 unspecified atom stereocenters. The zero-order chi connectivity index (χ0) is 16.0. The van der Waals surface area contributed by atoms with Crippen molar-refractivity contribution in [3.8, 4) is 0 Å². The maximum Gasteiger partial charge on any atom is 0.252 e. The summed E-state index contributed by atoms with van der Waals surface area (Å²) in [4.78, 5) is 12.5. The standard InChI is InChI=1S/C16H24N2O3S/c1-2-10-22(20,21)15-8-4-3-7-14(15)16(19)18-12-13-6-5-9-17-11-13/h3-4,7-8,13,17H,2,5-6,9-12H2,1H3,(H,18,19). The van der Waals surface area contributed by atoms with Crippen molar-refractivity contribution in [2.75, 3.05) is 25.4 Å². The summed E-state index contributed by atoms with van der Waals surface area (Å²) in [5, 5.41) is 6.18. The fourth-order valence-corrected chi connectivity index (χ4v) is 4.27. The number of nitrogens with one attached hydrogen (secondary N) is 2. The van der Waals surface area contributed by atoms with Gasteiger partial charge in [0.15, 0.2) is 9.84 Å². The lowest BCUT2D eigenvalue weighted by atomic mass is 10.00. The summed E-state index contributed by atoms with van der Waals surface area (Å²) >= 11 is 0. The molecule has 1 heterocycles. The zero-order valence-electron chi connectivity index (χ0n) is 13.0. The van der Waals surface area contributed by atoms with E-state index in [0.29, 0.717) is 18.9 Å². The second kappa shape index (κ2) is 7.74. The molecule has 1 fully saturated rings.